The van der Waals surface area contributed by atoms with E-state index in [1.54, 1.807) is 12.1 Å². The van der Waals surface area contributed by atoms with Crippen molar-refractivity contribution in [2.24, 2.45) is 0 Å². The third kappa shape index (κ3) is 2.97. The Morgan fingerprint density at radius 2 is 1.89 bits per heavy atom. The number of esters is 1. The molecule has 1 N–H and O–H groups in total. The van der Waals surface area contributed by atoms with Gasteiger partial charge >= 0.3 is 5.97 Å². The van der Waals surface area contributed by atoms with Gasteiger partial charge in [0.15, 0.2) is 0 Å². The fourth-order valence-electron chi connectivity index (χ4n) is 3.47. The molecule has 6 heteroatoms. The summed E-state index contributed by atoms with van der Waals surface area (Å²) in [6.07, 6.45) is -0.243. The van der Waals surface area contributed by atoms with Crippen molar-refractivity contribution >= 4 is 23.0 Å². The van der Waals surface area contributed by atoms with E-state index < -0.39 is 12.0 Å². The molecule has 5 nitrogen and oxygen atoms in total. The smallest absolute Gasteiger partial charge is 0.338 e. The SMILES string of the molecule is CC1=C(C(=O)OC(C)C)[C@H](c2ccc(F)cc2)n2c(nc3ccccc32)N1. The molecule has 3 aromatic rings. The molecule has 0 fully saturated rings. The predicted octanol–water partition coefficient (Wildman–Crippen LogP) is 4.42. The molecule has 1 aliphatic rings. The van der Waals surface area contributed by atoms with E-state index in [2.05, 4.69) is 10.3 Å². The van der Waals surface area contributed by atoms with Gasteiger partial charge in [0.1, 0.15) is 5.82 Å². The first kappa shape index (κ1) is 17.3. The van der Waals surface area contributed by atoms with Crippen LogP contribution in [0.3, 0.4) is 0 Å². The lowest BCUT2D eigenvalue weighted by atomic mass is 9.95. The number of anilines is 1. The van der Waals surface area contributed by atoms with Crippen molar-refractivity contribution in [3.8, 4) is 0 Å². The molecule has 27 heavy (non-hydrogen) atoms. The van der Waals surface area contributed by atoms with Crippen molar-refractivity contribution in [3.05, 3.63) is 71.2 Å². The fraction of sp³-hybridized carbons (Fsp3) is 0.238. The molecule has 0 spiro atoms. The highest BCUT2D eigenvalue weighted by Gasteiger charge is 2.35. The molecule has 4 rings (SSSR count). The molecule has 0 bridgehead atoms. The zero-order valence-corrected chi connectivity index (χ0v) is 15.4. The van der Waals surface area contributed by atoms with Gasteiger partial charge in [-0.1, -0.05) is 24.3 Å². The summed E-state index contributed by atoms with van der Waals surface area (Å²) < 4.78 is 21.0. The Bertz CT molecular complexity index is 1050. The van der Waals surface area contributed by atoms with Gasteiger partial charge in [-0.15, -0.1) is 0 Å². The number of imidazole rings is 1. The normalized spacial score (nSPS) is 16.4. The number of hydrogen-bond donors (Lipinski definition) is 1. The summed E-state index contributed by atoms with van der Waals surface area (Å²) in [5.74, 6) is -0.0766. The van der Waals surface area contributed by atoms with E-state index in [-0.39, 0.29) is 11.9 Å². The van der Waals surface area contributed by atoms with Crippen LogP contribution in [0.15, 0.2) is 59.8 Å². The van der Waals surface area contributed by atoms with Crippen LogP contribution in [0.25, 0.3) is 11.0 Å². The first-order chi connectivity index (χ1) is 13.0. The number of carbonyl (C=O) groups is 1. The number of rotatable bonds is 3. The quantitative estimate of drug-likeness (QED) is 0.698. The number of halogens is 1. The number of fused-ring (bicyclic) bond motifs is 3. The van der Waals surface area contributed by atoms with E-state index in [9.17, 15) is 9.18 Å². The molecule has 0 aliphatic carbocycles. The number of aromatic nitrogens is 2. The van der Waals surface area contributed by atoms with Crippen LogP contribution in [0.1, 0.15) is 32.4 Å². The highest BCUT2D eigenvalue weighted by Crippen LogP contribution is 2.39. The number of benzene rings is 2. The van der Waals surface area contributed by atoms with Gasteiger partial charge in [0, 0.05) is 5.70 Å². The molecule has 2 heterocycles. The number of para-hydroxylation sites is 2. The number of ether oxygens (including phenoxy) is 1. The second-order valence-corrected chi connectivity index (χ2v) is 6.87. The third-order valence-electron chi connectivity index (χ3n) is 4.58. The minimum atomic E-state index is -0.458. The Morgan fingerprint density at radius 1 is 1.19 bits per heavy atom. The van der Waals surface area contributed by atoms with Crippen molar-refractivity contribution in [1.29, 1.82) is 0 Å². The third-order valence-corrected chi connectivity index (χ3v) is 4.58. The summed E-state index contributed by atoms with van der Waals surface area (Å²) in [7, 11) is 0. The molecule has 0 unspecified atom stereocenters. The summed E-state index contributed by atoms with van der Waals surface area (Å²) in [4.78, 5) is 17.6. The monoisotopic (exact) mass is 365 g/mol. The first-order valence-corrected chi connectivity index (χ1v) is 8.87. The van der Waals surface area contributed by atoms with Gasteiger partial charge in [0.25, 0.3) is 0 Å². The largest absolute Gasteiger partial charge is 0.459 e. The Hall–Kier alpha value is -3.15. The van der Waals surface area contributed by atoms with Crippen LogP contribution in [-0.4, -0.2) is 21.6 Å². The number of hydrogen-bond acceptors (Lipinski definition) is 4. The summed E-state index contributed by atoms with van der Waals surface area (Å²) in [5.41, 5.74) is 3.66. The van der Waals surface area contributed by atoms with E-state index >= 15 is 0 Å². The van der Waals surface area contributed by atoms with Gasteiger partial charge in [0.2, 0.25) is 5.95 Å². The molecular formula is C21H20FN3O2. The lowest BCUT2D eigenvalue weighted by Gasteiger charge is -2.30. The molecule has 2 aromatic carbocycles. The predicted molar refractivity (Wildman–Crippen MR) is 102 cm³/mol. The van der Waals surface area contributed by atoms with Crippen LogP contribution in [0.2, 0.25) is 0 Å². The molecule has 138 valence electrons. The van der Waals surface area contributed by atoms with E-state index in [1.807, 2.05) is 49.6 Å². The van der Waals surface area contributed by atoms with Crippen molar-refractivity contribution < 1.29 is 13.9 Å². The van der Waals surface area contributed by atoms with Gasteiger partial charge in [0.05, 0.1) is 28.8 Å². The molecule has 0 saturated carbocycles. The van der Waals surface area contributed by atoms with Crippen LogP contribution in [-0.2, 0) is 9.53 Å². The first-order valence-electron chi connectivity index (χ1n) is 8.87. The molecule has 1 aliphatic heterocycles. The average molecular weight is 365 g/mol. The van der Waals surface area contributed by atoms with Crippen molar-refractivity contribution in [3.63, 3.8) is 0 Å². The van der Waals surface area contributed by atoms with E-state index in [0.29, 0.717) is 17.2 Å². The minimum absolute atomic E-state index is 0.243. The number of nitrogens with zero attached hydrogens (tertiary/aromatic N) is 2. The zero-order valence-electron chi connectivity index (χ0n) is 15.4. The summed E-state index contributed by atoms with van der Waals surface area (Å²) in [6.45, 7) is 5.46. The van der Waals surface area contributed by atoms with Gasteiger partial charge in [-0.2, -0.15) is 0 Å². The minimum Gasteiger partial charge on any atom is -0.459 e. The fourth-order valence-corrected chi connectivity index (χ4v) is 3.47. The molecular weight excluding hydrogens is 345 g/mol. The van der Waals surface area contributed by atoms with Crippen LogP contribution in [0, 0.1) is 5.82 Å². The van der Waals surface area contributed by atoms with E-state index in [0.717, 1.165) is 16.6 Å². The molecule has 0 saturated heterocycles. The van der Waals surface area contributed by atoms with Gasteiger partial charge in [-0.3, -0.25) is 4.57 Å². The Kier molecular flexibility index (Phi) is 4.18. The van der Waals surface area contributed by atoms with Crippen LogP contribution < -0.4 is 5.32 Å². The van der Waals surface area contributed by atoms with Crippen LogP contribution >= 0.6 is 0 Å². The Morgan fingerprint density at radius 3 is 2.59 bits per heavy atom. The van der Waals surface area contributed by atoms with E-state index in [4.69, 9.17) is 4.74 Å². The summed E-state index contributed by atoms with van der Waals surface area (Å²) in [5, 5.41) is 3.22. The van der Waals surface area contributed by atoms with Crippen LogP contribution in [0.4, 0.5) is 10.3 Å². The number of allylic oxidation sites excluding steroid dienone is 1. The maximum Gasteiger partial charge on any atom is 0.338 e. The highest BCUT2D eigenvalue weighted by atomic mass is 19.1. The van der Waals surface area contributed by atoms with Crippen molar-refractivity contribution in [2.75, 3.05) is 5.32 Å². The van der Waals surface area contributed by atoms with Gasteiger partial charge in [-0.25, -0.2) is 14.2 Å². The Labute approximate surface area is 156 Å². The lowest BCUT2D eigenvalue weighted by Crippen LogP contribution is -2.30. The molecule has 0 amide bonds. The van der Waals surface area contributed by atoms with E-state index in [1.165, 1.54) is 12.1 Å². The van der Waals surface area contributed by atoms with Crippen molar-refractivity contribution in [2.45, 2.75) is 32.9 Å². The Balaban J connectivity index is 1.95. The topological polar surface area (TPSA) is 56.2 Å². The van der Waals surface area contributed by atoms with Crippen molar-refractivity contribution in [1.82, 2.24) is 9.55 Å². The second kappa shape index (κ2) is 6.54. The average Bonchev–Trinajstić information content (AvgIpc) is 2.98. The number of carbonyl (C=O) groups excluding carboxylic acids is 1. The lowest BCUT2D eigenvalue weighted by molar-refractivity contribution is -0.143. The molecule has 1 aromatic heterocycles. The zero-order chi connectivity index (χ0) is 19.1. The van der Waals surface area contributed by atoms with Gasteiger partial charge in [-0.05, 0) is 50.6 Å². The standard InChI is InChI=1S/C21H20FN3O2/c1-12(2)27-20(26)18-13(3)23-21-24-16-6-4-5-7-17(16)25(21)19(18)14-8-10-15(22)11-9-14/h4-12,19H,1-3H3,(H,23,24)/t19-/m0/s1. The highest BCUT2D eigenvalue weighted by molar-refractivity contribution is 5.94. The summed E-state index contributed by atoms with van der Waals surface area (Å²) >= 11 is 0. The molecule has 0 radical (unpaired) electrons. The number of nitrogens with one attached hydrogen (secondary N) is 1. The second-order valence-electron chi connectivity index (χ2n) is 6.87. The van der Waals surface area contributed by atoms with Gasteiger partial charge < -0.3 is 10.1 Å². The maximum atomic E-state index is 13.5. The van der Waals surface area contributed by atoms with Crippen LogP contribution in [0.5, 0.6) is 0 Å². The maximum absolute atomic E-state index is 13.5. The summed E-state index contributed by atoms with van der Waals surface area (Å²) in [6, 6.07) is 13.5. The molecule has 1 atom stereocenters.